The number of aryl methyl sites for hydroxylation is 1. The SMILES string of the molecule is C=CC(=O)N1CC2(CCN(c3nc(O[C@@H]4C[C@@H]5C[C@H]4CS5(=O)=O)nc4c(OCC(F)(F)F)c(-c5c(C)ccc6[nH]ncc56)c(C5CC5)cc34)CC2)C1. The fourth-order valence-electron chi connectivity index (χ4n) is 9.02. The molecule has 1 N–H and O–H groups in total. The third-order valence-electron chi connectivity index (χ3n) is 11.9. The number of ether oxygens (including phenoxy) is 2. The molecule has 2 saturated carbocycles. The number of likely N-dealkylation sites (tertiary alicyclic amines) is 1. The smallest absolute Gasteiger partial charge is 0.422 e. The van der Waals surface area contributed by atoms with Crippen molar-refractivity contribution < 1.29 is 35.9 Å². The minimum absolute atomic E-state index is 0.00986. The van der Waals surface area contributed by atoms with E-state index in [0.717, 1.165) is 53.3 Å². The Morgan fingerprint density at radius 1 is 1.12 bits per heavy atom. The Labute approximate surface area is 298 Å². The summed E-state index contributed by atoms with van der Waals surface area (Å²) in [6.07, 6.45) is 2.16. The Hall–Kier alpha value is -4.40. The number of nitrogens with one attached hydrogen (secondary N) is 1. The first-order valence-electron chi connectivity index (χ1n) is 17.9. The van der Waals surface area contributed by atoms with Gasteiger partial charge in [-0.05, 0) is 79.8 Å². The van der Waals surface area contributed by atoms with E-state index < -0.39 is 34.0 Å². The molecule has 1 spiro atoms. The van der Waals surface area contributed by atoms with Crippen LogP contribution in [0.25, 0.3) is 32.9 Å². The van der Waals surface area contributed by atoms with Crippen molar-refractivity contribution in [2.45, 2.75) is 68.9 Å². The predicted octanol–water partition coefficient (Wildman–Crippen LogP) is 5.87. The Balaban J connectivity index is 1.20. The number of nitrogens with zero attached hydrogens (tertiary/aromatic N) is 5. The minimum atomic E-state index is -4.62. The van der Waals surface area contributed by atoms with Gasteiger partial charge in [-0.2, -0.15) is 28.2 Å². The van der Waals surface area contributed by atoms with Gasteiger partial charge in [-0.15, -0.1) is 0 Å². The molecule has 11 nitrogen and oxygen atoms in total. The molecule has 0 radical (unpaired) electrons. The van der Waals surface area contributed by atoms with Crippen LogP contribution in [0.15, 0.2) is 37.1 Å². The van der Waals surface area contributed by atoms with Gasteiger partial charge in [-0.3, -0.25) is 9.89 Å². The molecule has 2 aromatic carbocycles. The number of aromatic amines is 1. The lowest BCUT2D eigenvalue weighted by Gasteiger charge is -2.54. The van der Waals surface area contributed by atoms with Crippen molar-refractivity contribution in [1.82, 2.24) is 25.1 Å². The number of amides is 1. The fraction of sp³-hybridized carbons (Fsp3) is 0.514. The van der Waals surface area contributed by atoms with Crippen LogP contribution in [-0.2, 0) is 14.6 Å². The molecular weight excluding hydrogens is 698 g/mol. The van der Waals surface area contributed by atoms with Crippen LogP contribution in [0.3, 0.4) is 0 Å². The maximum atomic E-state index is 14.0. The molecule has 0 unspecified atom stereocenters. The van der Waals surface area contributed by atoms with Crippen LogP contribution in [0.1, 0.15) is 55.6 Å². The highest BCUT2D eigenvalue weighted by molar-refractivity contribution is 7.92. The normalized spacial score (nSPS) is 24.8. The maximum Gasteiger partial charge on any atom is 0.422 e. The third-order valence-corrected chi connectivity index (χ3v) is 14.2. The number of anilines is 1. The maximum absolute atomic E-state index is 14.0. The van der Waals surface area contributed by atoms with Gasteiger partial charge < -0.3 is 19.3 Å². The van der Waals surface area contributed by atoms with Crippen molar-refractivity contribution in [3.63, 3.8) is 0 Å². The largest absolute Gasteiger partial charge is 0.481 e. The lowest BCUT2D eigenvalue weighted by Crippen LogP contribution is -2.61. The molecule has 2 bridgehead atoms. The summed E-state index contributed by atoms with van der Waals surface area (Å²) in [5, 5.41) is 8.10. The number of aromatic nitrogens is 4. The average molecular weight is 737 g/mol. The van der Waals surface area contributed by atoms with E-state index in [-0.39, 0.29) is 46.2 Å². The average Bonchev–Trinajstić information content (AvgIpc) is 3.58. The second-order valence-corrected chi connectivity index (χ2v) is 17.7. The van der Waals surface area contributed by atoms with Crippen molar-refractivity contribution in [2.24, 2.45) is 11.3 Å². The van der Waals surface area contributed by atoms with Gasteiger partial charge >= 0.3 is 12.2 Å². The molecule has 5 aliphatic rings. The predicted molar refractivity (Wildman–Crippen MR) is 188 cm³/mol. The molecule has 2 aromatic heterocycles. The summed E-state index contributed by atoms with van der Waals surface area (Å²) in [4.78, 5) is 25.9. The molecule has 3 atom stereocenters. The van der Waals surface area contributed by atoms with Gasteiger partial charge in [-0.1, -0.05) is 12.6 Å². The molecule has 5 heterocycles. The van der Waals surface area contributed by atoms with E-state index in [1.54, 1.807) is 11.1 Å². The van der Waals surface area contributed by atoms with Crippen LogP contribution in [0.4, 0.5) is 19.0 Å². The van der Waals surface area contributed by atoms with Crippen molar-refractivity contribution >= 4 is 43.4 Å². The Morgan fingerprint density at radius 2 is 1.88 bits per heavy atom. The van der Waals surface area contributed by atoms with Crippen LogP contribution in [0.5, 0.6) is 11.8 Å². The molecule has 9 rings (SSSR count). The molecule has 2 aliphatic carbocycles. The number of H-pyrrole nitrogens is 1. The zero-order valence-corrected chi connectivity index (χ0v) is 29.5. The second kappa shape index (κ2) is 11.8. The number of fused-ring (bicyclic) bond motifs is 4. The van der Waals surface area contributed by atoms with Crippen LogP contribution in [0.2, 0.25) is 0 Å². The number of hydrogen-bond donors (Lipinski definition) is 1. The zero-order valence-electron chi connectivity index (χ0n) is 28.7. The molecule has 52 heavy (non-hydrogen) atoms. The van der Waals surface area contributed by atoms with Gasteiger partial charge in [0.15, 0.2) is 22.2 Å². The van der Waals surface area contributed by atoms with E-state index in [1.165, 1.54) is 6.08 Å². The number of alkyl halides is 3. The standard InChI is InChI=1S/C37H39F3N6O5S/c1-3-29(47)46-17-36(18-46)8-10-45(11-9-36)34-25-14-24(21-5-6-21)31(30-20(2)4-7-27-26(30)15-41-44-27)33(50-19-37(38,39)40)32(25)42-35(43-34)51-28-13-23-12-22(28)16-52(23,48)49/h3-4,7,14-15,21-23,28H,1,5-6,8-13,16-19H2,2H3,(H,41,44)/t22-,23-,28+/m0/s1. The fourth-order valence-corrected chi connectivity index (χ4v) is 11.3. The van der Waals surface area contributed by atoms with E-state index in [9.17, 15) is 26.4 Å². The summed E-state index contributed by atoms with van der Waals surface area (Å²) in [5.74, 6) is 0.423. The van der Waals surface area contributed by atoms with Gasteiger partial charge in [0.25, 0.3) is 0 Å². The molecule has 5 fully saturated rings. The van der Waals surface area contributed by atoms with E-state index >= 15 is 0 Å². The quantitative estimate of drug-likeness (QED) is 0.221. The van der Waals surface area contributed by atoms with Crippen LogP contribution in [-0.4, -0.2) is 95.5 Å². The Bertz CT molecular complexity index is 2240. The topological polar surface area (TPSA) is 131 Å². The lowest BCUT2D eigenvalue weighted by molar-refractivity contribution is -0.153. The molecule has 1 amide bonds. The highest BCUT2D eigenvalue weighted by atomic mass is 32.2. The van der Waals surface area contributed by atoms with E-state index in [4.69, 9.17) is 19.4 Å². The molecule has 274 valence electrons. The summed E-state index contributed by atoms with van der Waals surface area (Å²) < 4.78 is 79.5. The number of piperidine rings is 1. The number of benzene rings is 2. The summed E-state index contributed by atoms with van der Waals surface area (Å²) in [7, 11) is -3.17. The number of carbonyl (C=O) groups excluding carboxylic acids is 1. The van der Waals surface area contributed by atoms with Crippen molar-refractivity contribution in [3.8, 4) is 22.9 Å². The van der Waals surface area contributed by atoms with Crippen LogP contribution < -0.4 is 14.4 Å². The van der Waals surface area contributed by atoms with Gasteiger partial charge in [0.2, 0.25) is 5.91 Å². The summed E-state index contributed by atoms with van der Waals surface area (Å²) in [6.45, 7) is 6.55. The Morgan fingerprint density at radius 3 is 2.54 bits per heavy atom. The number of hydrogen-bond acceptors (Lipinski definition) is 9. The monoisotopic (exact) mass is 736 g/mol. The first kappa shape index (κ1) is 33.4. The van der Waals surface area contributed by atoms with Gasteiger partial charge in [0, 0.05) is 60.3 Å². The number of rotatable bonds is 8. The first-order chi connectivity index (χ1) is 24.8. The van der Waals surface area contributed by atoms with Crippen molar-refractivity contribution in [3.05, 3.63) is 48.2 Å². The van der Waals surface area contributed by atoms with Crippen molar-refractivity contribution in [2.75, 3.05) is 43.4 Å². The molecule has 3 saturated heterocycles. The van der Waals surface area contributed by atoms with E-state index in [1.807, 2.05) is 25.1 Å². The number of sulfone groups is 1. The number of halogens is 3. The third kappa shape index (κ3) is 5.66. The van der Waals surface area contributed by atoms with Crippen molar-refractivity contribution in [1.29, 1.82) is 0 Å². The van der Waals surface area contributed by atoms with Gasteiger partial charge in [0.1, 0.15) is 17.4 Å². The second-order valence-electron chi connectivity index (χ2n) is 15.4. The molecule has 15 heteroatoms. The van der Waals surface area contributed by atoms with Gasteiger partial charge in [0.05, 0.1) is 22.7 Å². The zero-order chi connectivity index (χ0) is 36.2. The van der Waals surface area contributed by atoms with E-state index in [0.29, 0.717) is 55.8 Å². The Kier molecular flexibility index (Phi) is 7.59. The van der Waals surface area contributed by atoms with E-state index in [2.05, 4.69) is 21.7 Å². The van der Waals surface area contributed by atoms with Crippen LogP contribution >= 0.6 is 0 Å². The van der Waals surface area contributed by atoms with Crippen LogP contribution in [0, 0.1) is 18.3 Å². The first-order valence-corrected chi connectivity index (χ1v) is 19.6. The molecule has 4 aromatic rings. The highest BCUT2D eigenvalue weighted by Gasteiger charge is 2.51. The summed E-state index contributed by atoms with van der Waals surface area (Å²) >= 11 is 0. The summed E-state index contributed by atoms with van der Waals surface area (Å²) in [6, 6.07) is 5.84. The lowest BCUT2D eigenvalue weighted by atomic mass is 9.72. The highest BCUT2D eigenvalue weighted by Crippen LogP contribution is 2.53. The molecular formula is C37H39F3N6O5S. The number of carbonyl (C=O) groups is 1. The molecule has 3 aliphatic heterocycles. The van der Waals surface area contributed by atoms with Gasteiger partial charge in [-0.25, -0.2) is 8.42 Å². The summed E-state index contributed by atoms with van der Waals surface area (Å²) in [5.41, 5.74) is 3.97. The minimum Gasteiger partial charge on any atom is -0.481 e.